The van der Waals surface area contributed by atoms with Crippen molar-refractivity contribution >= 4 is 22.0 Å². The molecule has 0 spiro atoms. The molecule has 3 rings (SSSR count). The zero-order valence-corrected chi connectivity index (χ0v) is 17.4. The van der Waals surface area contributed by atoms with Crippen LogP contribution in [0.2, 0.25) is 0 Å². The van der Waals surface area contributed by atoms with Crippen LogP contribution >= 0.6 is 0 Å². The summed E-state index contributed by atoms with van der Waals surface area (Å²) in [6, 6.07) is 6.88. The van der Waals surface area contributed by atoms with Crippen LogP contribution in [0.25, 0.3) is 0 Å². The third-order valence-electron chi connectivity index (χ3n) is 4.75. The molecule has 29 heavy (non-hydrogen) atoms. The molecule has 0 aliphatic carbocycles. The van der Waals surface area contributed by atoms with Gasteiger partial charge in [0.1, 0.15) is 0 Å². The second kappa shape index (κ2) is 8.64. The Morgan fingerprint density at radius 3 is 2.72 bits per heavy atom. The third kappa shape index (κ3) is 4.94. The Morgan fingerprint density at radius 2 is 2.07 bits per heavy atom. The van der Waals surface area contributed by atoms with Crippen LogP contribution in [-0.2, 0) is 14.6 Å². The predicted octanol–water partition coefficient (Wildman–Crippen LogP) is 1.40. The second-order valence-corrected chi connectivity index (χ2v) is 9.05. The highest BCUT2D eigenvalue weighted by Gasteiger charge is 2.31. The summed E-state index contributed by atoms with van der Waals surface area (Å²) < 4.78 is 35.8. The van der Waals surface area contributed by atoms with Crippen LogP contribution in [-0.4, -0.2) is 55.5 Å². The van der Waals surface area contributed by atoms with Crippen molar-refractivity contribution in [3.63, 3.8) is 0 Å². The SMILES string of the molecule is COc1ccccc1OCC(=O)N/N=C\c1c(C)nn([C@H]2CCS(=O)(=O)C2)c1C. The molecule has 0 bridgehead atoms. The van der Waals surface area contributed by atoms with Gasteiger partial charge in [-0.1, -0.05) is 12.1 Å². The van der Waals surface area contributed by atoms with Gasteiger partial charge in [-0.3, -0.25) is 9.48 Å². The Balaban J connectivity index is 1.59. The molecule has 9 nitrogen and oxygen atoms in total. The number of benzene rings is 1. The lowest BCUT2D eigenvalue weighted by Crippen LogP contribution is -2.24. The van der Waals surface area contributed by atoms with E-state index in [0.717, 1.165) is 17.0 Å². The standard InChI is InChI=1S/C19H24N4O5S/c1-13-16(14(2)23(22-13)15-8-9-29(25,26)12-15)10-20-21-19(24)11-28-18-7-5-4-6-17(18)27-3/h4-7,10,15H,8-9,11-12H2,1-3H3,(H,21,24)/b20-10-/t15-/m0/s1. The molecule has 1 saturated heterocycles. The van der Waals surface area contributed by atoms with Gasteiger partial charge < -0.3 is 9.47 Å². The number of aryl methyl sites for hydroxylation is 1. The first-order chi connectivity index (χ1) is 13.8. The van der Waals surface area contributed by atoms with Crippen LogP contribution in [0.4, 0.5) is 0 Å². The van der Waals surface area contributed by atoms with E-state index in [-0.39, 0.29) is 24.2 Å². The number of nitrogens with one attached hydrogen (secondary N) is 1. The Kier molecular flexibility index (Phi) is 6.21. The number of sulfone groups is 1. The molecule has 156 valence electrons. The lowest BCUT2D eigenvalue weighted by Gasteiger charge is -2.10. The highest BCUT2D eigenvalue weighted by atomic mass is 32.2. The highest BCUT2D eigenvalue weighted by Crippen LogP contribution is 2.26. The number of hydrogen-bond donors (Lipinski definition) is 1. The summed E-state index contributed by atoms with van der Waals surface area (Å²) in [5, 5.41) is 8.44. The van der Waals surface area contributed by atoms with Crippen LogP contribution < -0.4 is 14.9 Å². The molecule has 1 aromatic carbocycles. The Labute approximate surface area is 169 Å². The van der Waals surface area contributed by atoms with E-state index in [9.17, 15) is 13.2 Å². The number of hydrazone groups is 1. The van der Waals surface area contributed by atoms with E-state index in [0.29, 0.717) is 17.9 Å². The number of amides is 1. The summed E-state index contributed by atoms with van der Waals surface area (Å²) in [6.07, 6.45) is 2.07. The minimum Gasteiger partial charge on any atom is -0.493 e. The smallest absolute Gasteiger partial charge is 0.277 e. The van der Waals surface area contributed by atoms with E-state index in [4.69, 9.17) is 9.47 Å². The number of methoxy groups -OCH3 is 1. The van der Waals surface area contributed by atoms with Crippen LogP contribution in [0.5, 0.6) is 11.5 Å². The molecule has 1 aliphatic rings. The molecule has 1 amide bonds. The fourth-order valence-corrected chi connectivity index (χ4v) is 4.96. The van der Waals surface area contributed by atoms with Gasteiger partial charge in [0.15, 0.2) is 27.9 Å². The number of carbonyl (C=O) groups is 1. The minimum atomic E-state index is -3.00. The predicted molar refractivity (Wildman–Crippen MR) is 108 cm³/mol. The van der Waals surface area contributed by atoms with Crippen molar-refractivity contribution in [2.75, 3.05) is 25.2 Å². The molecule has 0 unspecified atom stereocenters. The van der Waals surface area contributed by atoms with E-state index < -0.39 is 15.7 Å². The number of rotatable bonds is 7. The maximum atomic E-state index is 12.0. The van der Waals surface area contributed by atoms with Crippen molar-refractivity contribution in [2.45, 2.75) is 26.3 Å². The first kappa shape index (κ1) is 20.8. The summed E-state index contributed by atoms with van der Waals surface area (Å²) in [5.74, 6) is 0.867. The zero-order chi connectivity index (χ0) is 21.0. The van der Waals surface area contributed by atoms with E-state index in [1.807, 2.05) is 19.9 Å². The molecule has 2 heterocycles. The summed E-state index contributed by atoms with van der Waals surface area (Å²) in [5.41, 5.74) is 4.70. The maximum Gasteiger partial charge on any atom is 0.277 e. The number of aromatic nitrogens is 2. The molecule has 1 atom stereocenters. The van der Waals surface area contributed by atoms with E-state index in [2.05, 4.69) is 15.6 Å². The number of ether oxygens (including phenoxy) is 2. The van der Waals surface area contributed by atoms with Gasteiger partial charge in [-0.2, -0.15) is 10.2 Å². The average Bonchev–Trinajstić information content (AvgIpc) is 3.19. The second-order valence-electron chi connectivity index (χ2n) is 6.82. The van der Waals surface area contributed by atoms with Gasteiger partial charge in [0.05, 0.1) is 36.6 Å². The molecular weight excluding hydrogens is 396 g/mol. The maximum absolute atomic E-state index is 12.0. The highest BCUT2D eigenvalue weighted by molar-refractivity contribution is 7.91. The number of nitrogens with zero attached hydrogens (tertiary/aromatic N) is 3. The van der Waals surface area contributed by atoms with Gasteiger partial charge in [0.25, 0.3) is 5.91 Å². The molecule has 2 aromatic rings. The number of carbonyl (C=O) groups excluding carboxylic acids is 1. The fraction of sp³-hybridized carbons (Fsp3) is 0.421. The van der Waals surface area contributed by atoms with Gasteiger partial charge in [0.2, 0.25) is 0 Å². The van der Waals surface area contributed by atoms with Crippen molar-refractivity contribution in [2.24, 2.45) is 5.10 Å². The van der Waals surface area contributed by atoms with Crippen molar-refractivity contribution < 1.29 is 22.7 Å². The fourth-order valence-electron chi connectivity index (χ4n) is 3.27. The lowest BCUT2D eigenvalue weighted by molar-refractivity contribution is -0.123. The molecule has 1 N–H and O–H groups in total. The first-order valence-electron chi connectivity index (χ1n) is 9.14. The van der Waals surface area contributed by atoms with Crippen LogP contribution in [0.15, 0.2) is 29.4 Å². The van der Waals surface area contributed by atoms with Crippen molar-refractivity contribution in [1.82, 2.24) is 15.2 Å². The van der Waals surface area contributed by atoms with Crippen molar-refractivity contribution in [3.05, 3.63) is 41.2 Å². The molecule has 0 radical (unpaired) electrons. The topological polar surface area (TPSA) is 112 Å². The summed E-state index contributed by atoms with van der Waals surface area (Å²) in [7, 11) is -1.47. The van der Waals surface area contributed by atoms with Gasteiger partial charge in [0, 0.05) is 11.3 Å². The summed E-state index contributed by atoms with van der Waals surface area (Å²) in [6.45, 7) is 3.47. The van der Waals surface area contributed by atoms with Gasteiger partial charge in [-0.05, 0) is 32.4 Å². The number of hydrogen-bond acceptors (Lipinski definition) is 7. The molecule has 1 aromatic heterocycles. The van der Waals surface area contributed by atoms with E-state index in [1.54, 1.807) is 22.9 Å². The molecule has 0 saturated carbocycles. The minimum absolute atomic E-state index is 0.0998. The molecular formula is C19H24N4O5S. The zero-order valence-electron chi connectivity index (χ0n) is 16.6. The van der Waals surface area contributed by atoms with Crippen molar-refractivity contribution in [3.8, 4) is 11.5 Å². The average molecular weight is 420 g/mol. The Hall–Kier alpha value is -2.88. The quantitative estimate of drug-likeness (QED) is 0.535. The largest absolute Gasteiger partial charge is 0.493 e. The van der Waals surface area contributed by atoms with Gasteiger partial charge in [-0.15, -0.1) is 0 Å². The lowest BCUT2D eigenvalue weighted by atomic mass is 10.2. The summed E-state index contributed by atoms with van der Waals surface area (Å²) in [4.78, 5) is 12.0. The van der Waals surface area contributed by atoms with Crippen LogP contribution in [0.3, 0.4) is 0 Å². The van der Waals surface area contributed by atoms with Gasteiger partial charge >= 0.3 is 0 Å². The van der Waals surface area contributed by atoms with Gasteiger partial charge in [-0.25, -0.2) is 13.8 Å². The van der Waals surface area contributed by atoms with E-state index in [1.165, 1.54) is 13.3 Å². The third-order valence-corrected chi connectivity index (χ3v) is 6.50. The molecule has 1 fully saturated rings. The molecule has 1 aliphatic heterocycles. The Bertz CT molecular complexity index is 1030. The summed E-state index contributed by atoms with van der Waals surface area (Å²) >= 11 is 0. The normalized spacial score (nSPS) is 18.1. The van der Waals surface area contributed by atoms with Crippen LogP contribution in [0, 0.1) is 13.8 Å². The van der Waals surface area contributed by atoms with E-state index >= 15 is 0 Å². The first-order valence-corrected chi connectivity index (χ1v) is 11.0. The Morgan fingerprint density at radius 1 is 1.34 bits per heavy atom. The molecule has 10 heteroatoms. The monoisotopic (exact) mass is 420 g/mol. The van der Waals surface area contributed by atoms with Crippen molar-refractivity contribution in [1.29, 1.82) is 0 Å². The number of para-hydroxylation sites is 2. The van der Waals surface area contributed by atoms with Crippen LogP contribution in [0.1, 0.15) is 29.4 Å².